The van der Waals surface area contributed by atoms with Crippen molar-refractivity contribution in [3.05, 3.63) is 28.3 Å². The number of carboxylic acid groups (broad SMARTS) is 1. The summed E-state index contributed by atoms with van der Waals surface area (Å²) in [5, 5.41) is 20.4. The van der Waals surface area contributed by atoms with Crippen molar-refractivity contribution in [3.8, 4) is 0 Å². The van der Waals surface area contributed by atoms with E-state index in [0.29, 0.717) is 10.4 Å². The SMILES string of the molecule is O=C(O)CSc1nsc2ccc([N+](=O)[O-])cc12. The highest BCUT2D eigenvalue weighted by atomic mass is 32.2. The molecule has 8 heteroatoms. The number of hydrogen-bond donors (Lipinski definition) is 1. The van der Waals surface area contributed by atoms with Crippen LogP contribution in [0.25, 0.3) is 10.1 Å². The van der Waals surface area contributed by atoms with E-state index in [1.807, 2.05) is 0 Å². The van der Waals surface area contributed by atoms with E-state index in [0.717, 1.165) is 16.5 Å². The fraction of sp³-hybridized carbons (Fsp3) is 0.111. The van der Waals surface area contributed by atoms with Crippen molar-refractivity contribution in [2.24, 2.45) is 0 Å². The summed E-state index contributed by atoms with van der Waals surface area (Å²) in [7, 11) is 0. The number of nitro benzene ring substituents is 1. The second kappa shape index (κ2) is 4.68. The molecule has 0 unspecified atom stereocenters. The van der Waals surface area contributed by atoms with Crippen molar-refractivity contribution in [1.29, 1.82) is 0 Å². The molecule has 0 aliphatic heterocycles. The van der Waals surface area contributed by atoms with E-state index < -0.39 is 10.9 Å². The second-order valence-corrected chi connectivity index (χ2v) is 4.88. The average molecular weight is 270 g/mol. The number of fused-ring (bicyclic) bond motifs is 1. The maximum atomic E-state index is 10.6. The van der Waals surface area contributed by atoms with Gasteiger partial charge in [0, 0.05) is 17.5 Å². The van der Waals surface area contributed by atoms with Crippen molar-refractivity contribution in [2.75, 3.05) is 5.75 Å². The van der Waals surface area contributed by atoms with Gasteiger partial charge in [0.15, 0.2) is 0 Å². The Balaban J connectivity index is 2.39. The largest absolute Gasteiger partial charge is 0.481 e. The van der Waals surface area contributed by atoms with Crippen molar-refractivity contribution >= 4 is 45.0 Å². The number of benzene rings is 1. The molecule has 0 saturated heterocycles. The first-order chi connectivity index (χ1) is 8.08. The third-order valence-electron chi connectivity index (χ3n) is 1.96. The zero-order valence-electron chi connectivity index (χ0n) is 8.32. The van der Waals surface area contributed by atoms with Crippen LogP contribution in [0.1, 0.15) is 0 Å². The van der Waals surface area contributed by atoms with Gasteiger partial charge in [0.2, 0.25) is 0 Å². The minimum absolute atomic E-state index is 0.0186. The first-order valence-electron chi connectivity index (χ1n) is 4.46. The van der Waals surface area contributed by atoms with Crippen molar-refractivity contribution in [1.82, 2.24) is 4.37 Å². The Bertz CT molecular complexity index is 596. The molecule has 0 atom stereocenters. The predicted molar refractivity (Wildman–Crippen MR) is 64.6 cm³/mol. The third-order valence-corrected chi connectivity index (χ3v) is 3.88. The van der Waals surface area contributed by atoms with Gasteiger partial charge in [-0.15, -0.1) is 0 Å². The van der Waals surface area contributed by atoms with E-state index in [-0.39, 0.29) is 11.4 Å². The molecule has 0 bridgehead atoms. The first-order valence-corrected chi connectivity index (χ1v) is 6.22. The van der Waals surface area contributed by atoms with E-state index in [1.165, 1.54) is 23.7 Å². The quantitative estimate of drug-likeness (QED) is 0.521. The molecule has 0 amide bonds. The normalized spacial score (nSPS) is 10.6. The Morgan fingerprint density at radius 3 is 3.00 bits per heavy atom. The highest BCUT2D eigenvalue weighted by molar-refractivity contribution is 8.00. The maximum Gasteiger partial charge on any atom is 0.313 e. The minimum atomic E-state index is -0.943. The van der Waals surface area contributed by atoms with Gasteiger partial charge in [0.25, 0.3) is 5.69 Å². The van der Waals surface area contributed by atoms with Crippen LogP contribution in [-0.2, 0) is 4.79 Å². The molecule has 0 radical (unpaired) electrons. The molecule has 88 valence electrons. The fourth-order valence-corrected chi connectivity index (χ4v) is 2.89. The molecule has 0 spiro atoms. The zero-order valence-corrected chi connectivity index (χ0v) is 9.96. The molecule has 0 aliphatic rings. The van der Waals surface area contributed by atoms with E-state index in [2.05, 4.69) is 4.37 Å². The summed E-state index contributed by atoms with van der Waals surface area (Å²) in [4.78, 5) is 20.6. The molecule has 2 rings (SSSR count). The third kappa shape index (κ3) is 2.53. The maximum absolute atomic E-state index is 10.6. The van der Waals surface area contributed by atoms with Gasteiger partial charge in [-0.05, 0) is 17.6 Å². The van der Waals surface area contributed by atoms with E-state index in [4.69, 9.17) is 5.11 Å². The van der Waals surface area contributed by atoms with Crippen LogP contribution >= 0.6 is 23.3 Å². The first kappa shape index (κ1) is 11.8. The summed E-state index contributed by atoms with van der Waals surface area (Å²) in [5.41, 5.74) is -0.0186. The Morgan fingerprint density at radius 2 is 2.35 bits per heavy atom. The molecule has 0 saturated carbocycles. The van der Waals surface area contributed by atoms with Crippen LogP contribution in [0, 0.1) is 10.1 Å². The molecule has 1 aromatic heterocycles. The van der Waals surface area contributed by atoms with Crippen LogP contribution in [0.2, 0.25) is 0 Å². The lowest BCUT2D eigenvalue weighted by atomic mass is 10.2. The number of aromatic nitrogens is 1. The van der Waals surface area contributed by atoms with Crippen LogP contribution in [0.5, 0.6) is 0 Å². The van der Waals surface area contributed by atoms with Crippen LogP contribution in [0.15, 0.2) is 23.2 Å². The second-order valence-electron chi connectivity index (χ2n) is 3.11. The lowest BCUT2D eigenvalue weighted by molar-refractivity contribution is -0.384. The summed E-state index contributed by atoms with van der Waals surface area (Å²) < 4.78 is 4.90. The van der Waals surface area contributed by atoms with Gasteiger partial charge >= 0.3 is 5.97 Å². The summed E-state index contributed by atoms with van der Waals surface area (Å²) in [6, 6.07) is 4.45. The average Bonchev–Trinajstić information content (AvgIpc) is 2.68. The Kier molecular flexibility index (Phi) is 3.25. The highest BCUT2D eigenvalue weighted by Crippen LogP contribution is 2.32. The van der Waals surface area contributed by atoms with Crippen molar-refractivity contribution < 1.29 is 14.8 Å². The van der Waals surface area contributed by atoms with Crippen LogP contribution in [0.3, 0.4) is 0 Å². The summed E-state index contributed by atoms with van der Waals surface area (Å²) in [5.74, 6) is -1.05. The molecule has 0 fully saturated rings. The molecule has 1 aromatic carbocycles. The molecule has 0 aliphatic carbocycles. The topological polar surface area (TPSA) is 93.3 Å². The minimum Gasteiger partial charge on any atom is -0.481 e. The van der Waals surface area contributed by atoms with Gasteiger partial charge in [-0.25, -0.2) is 0 Å². The van der Waals surface area contributed by atoms with E-state index >= 15 is 0 Å². The molecule has 6 nitrogen and oxygen atoms in total. The van der Waals surface area contributed by atoms with Gasteiger partial charge in [0.05, 0.1) is 15.4 Å². The van der Waals surface area contributed by atoms with Crippen molar-refractivity contribution in [3.63, 3.8) is 0 Å². The summed E-state index contributed by atoms with van der Waals surface area (Å²) in [6.45, 7) is 0. The van der Waals surface area contributed by atoms with E-state index in [1.54, 1.807) is 6.07 Å². The van der Waals surface area contributed by atoms with Gasteiger partial charge < -0.3 is 5.11 Å². The number of nitrogens with zero attached hydrogens (tertiary/aromatic N) is 2. The monoisotopic (exact) mass is 270 g/mol. The fourth-order valence-electron chi connectivity index (χ4n) is 1.25. The van der Waals surface area contributed by atoms with Gasteiger partial charge in [0.1, 0.15) is 5.03 Å². The zero-order chi connectivity index (χ0) is 12.4. The molecule has 2 aromatic rings. The number of carbonyl (C=O) groups is 1. The molecular weight excluding hydrogens is 264 g/mol. The van der Waals surface area contributed by atoms with Crippen LogP contribution < -0.4 is 0 Å². The van der Waals surface area contributed by atoms with Gasteiger partial charge in [-0.2, -0.15) is 4.37 Å². The number of thioether (sulfide) groups is 1. The lowest BCUT2D eigenvalue weighted by Gasteiger charge is -1.95. The van der Waals surface area contributed by atoms with Gasteiger partial charge in [-0.1, -0.05) is 11.8 Å². The number of non-ortho nitro benzene ring substituents is 1. The summed E-state index contributed by atoms with van der Waals surface area (Å²) >= 11 is 2.26. The smallest absolute Gasteiger partial charge is 0.313 e. The molecular formula is C9H6N2O4S2. The molecule has 17 heavy (non-hydrogen) atoms. The standard InChI is InChI=1S/C9H6N2O4S2/c12-8(13)4-16-9-6-3-5(11(14)15)1-2-7(6)17-10-9/h1-3H,4H2,(H,12,13). The number of hydrogen-bond acceptors (Lipinski definition) is 6. The molecule has 1 heterocycles. The molecule has 1 N–H and O–H groups in total. The Labute approximate surface area is 104 Å². The Hall–Kier alpha value is -1.67. The summed E-state index contributed by atoms with van der Waals surface area (Å²) in [6.07, 6.45) is 0. The number of carboxylic acids is 1. The van der Waals surface area contributed by atoms with Crippen molar-refractivity contribution in [2.45, 2.75) is 5.03 Å². The number of aliphatic carboxylic acids is 1. The van der Waals surface area contributed by atoms with Crippen LogP contribution in [-0.4, -0.2) is 26.1 Å². The van der Waals surface area contributed by atoms with Gasteiger partial charge in [-0.3, -0.25) is 14.9 Å². The highest BCUT2D eigenvalue weighted by Gasteiger charge is 2.13. The predicted octanol–water partition coefficient (Wildman–Crippen LogP) is 2.38. The number of rotatable bonds is 4. The van der Waals surface area contributed by atoms with E-state index in [9.17, 15) is 14.9 Å². The van der Waals surface area contributed by atoms with Crippen LogP contribution in [0.4, 0.5) is 5.69 Å². The Morgan fingerprint density at radius 1 is 1.59 bits per heavy atom. The lowest BCUT2D eigenvalue weighted by Crippen LogP contribution is -1.97. The number of nitro groups is 1.